The Balaban J connectivity index is 1.43. The first-order chi connectivity index (χ1) is 13.7. The van der Waals surface area contributed by atoms with Gasteiger partial charge in [0.1, 0.15) is 0 Å². The van der Waals surface area contributed by atoms with Crippen molar-refractivity contribution in [2.45, 2.75) is 20.0 Å². The summed E-state index contributed by atoms with van der Waals surface area (Å²) in [7, 11) is 0. The third kappa shape index (κ3) is 5.44. The number of carbonyl (C=O) groups is 1. The van der Waals surface area contributed by atoms with Gasteiger partial charge in [-0.3, -0.25) is 4.90 Å². The van der Waals surface area contributed by atoms with Crippen LogP contribution in [0.2, 0.25) is 0 Å². The summed E-state index contributed by atoms with van der Waals surface area (Å²) in [6.07, 6.45) is 1.69. The van der Waals surface area contributed by atoms with Gasteiger partial charge >= 0.3 is 6.03 Å². The van der Waals surface area contributed by atoms with Crippen LogP contribution in [-0.4, -0.2) is 53.6 Å². The van der Waals surface area contributed by atoms with Crippen molar-refractivity contribution in [2.75, 3.05) is 32.8 Å². The van der Waals surface area contributed by atoms with E-state index in [9.17, 15) is 4.79 Å². The van der Waals surface area contributed by atoms with Crippen LogP contribution >= 0.6 is 0 Å². The summed E-state index contributed by atoms with van der Waals surface area (Å²) in [6.45, 7) is 6.82. The molecule has 1 fully saturated rings. The summed E-state index contributed by atoms with van der Waals surface area (Å²) >= 11 is 0. The van der Waals surface area contributed by atoms with Crippen molar-refractivity contribution in [1.29, 1.82) is 5.26 Å². The third-order valence-electron chi connectivity index (χ3n) is 4.68. The predicted octanol–water partition coefficient (Wildman–Crippen LogP) is 2.38. The summed E-state index contributed by atoms with van der Waals surface area (Å²) in [6, 6.07) is 13.5. The third-order valence-corrected chi connectivity index (χ3v) is 4.68. The molecule has 1 aromatic carbocycles. The summed E-state index contributed by atoms with van der Waals surface area (Å²) < 4.78 is 5.39. The Hall–Kier alpha value is -3.11. The lowest BCUT2D eigenvalue weighted by molar-refractivity contribution is 0.135. The molecule has 0 unspecified atom stereocenters. The molecule has 146 valence electrons. The van der Waals surface area contributed by atoms with Crippen molar-refractivity contribution in [3.05, 3.63) is 59.3 Å². The van der Waals surface area contributed by atoms with E-state index in [2.05, 4.69) is 21.3 Å². The zero-order valence-electron chi connectivity index (χ0n) is 16.1. The van der Waals surface area contributed by atoms with Crippen LogP contribution in [0.1, 0.15) is 23.6 Å². The van der Waals surface area contributed by atoms with E-state index in [-0.39, 0.29) is 6.03 Å². The van der Waals surface area contributed by atoms with Crippen molar-refractivity contribution >= 4 is 6.03 Å². The fraction of sp³-hybridized carbons (Fsp3) is 0.381. The molecule has 7 heteroatoms. The molecule has 7 nitrogen and oxygen atoms in total. The predicted molar refractivity (Wildman–Crippen MR) is 106 cm³/mol. The number of aromatic nitrogens is 1. The number of nitrogens with zero attached hydrogens (tertiary/aromatic N) is 4. The van der Waals surface area contributed by atoms with Gasteiger partial charge in [-0.05, 0) is 36.2 Å². The number of nitriles is 1. The van der Waals surface area contributed by atoms with E-state index in [1.165, 1.54) is 5.56 Å². The van der Waals surface area contributed by atoms with Crippen LogP contribution in [-0.2, 0) is 13.1 Å². The maximum Gasteiger partial charge on any atom is 0.317 e. The molecule has 0 bridgehead atoms. The second kappa shape index (κ2) is 9.72. The first-order valence-corrected chi connectivity index (χ1v) is 9.50. The van der Waals surface area contributed by atoms with E-state index in [0.717, 1.165) is 25.2 Å². The number of amides is 2. The van der Waals surface area contributed by atoms with Gasteiger partial charge in [0.15, 0.2) is 0 Å². The SMILES string of the molecule is CCOc1cc(CNC(=O)N2CCN(Cc3ccc(C#N)cc3)CC2)ccn1. The fourth-order valence-corrected chi connectivity index (χ4v) is 3.13. The maximum atomic E-state index is 12.4. The van der Waals surface area contributed by atoms with Crippen molar-refractivity contribution in [3.63, 3.8) is 0 Å². The van der Waals surface area contributed by atoms with E-state index in [4.69, 9.17) is 10.00 Å². The average molecular weight is 379 g/mol. The van der Waals surface area contributed by atoms with Crippen molar-refractivity contribution in [3.8, 4) is 11.9 Å². The normalized spacial score (nSPS) is 14.4. The van der Waals surface area contributed by atoms with Crippen molar-refractivity contribution in [1.82, 2.24) is 20.1 Å². The zero-order valence-corrected chi connectivity index (χ0v) is 16.1. The van der Waals surface area contributed by atoms with Crippen LogP contribution in [0, 0.1) is 11.3 Å². The summed E-state index contributed by atoms with van der Waals surface area (Å²) in [5, 5.41) is 11.8. The number of pyridine rings is 1. The van der Waals surface area contributed by atoms with Gasteiger partial charge in [0, 0.05) is 51.5 Å². The average Bonchev–Trinajstić information content (AvgIpc) is 2.74. The van der Waals surface area contributed by atoms with E-state index in [1.54, 1.807) is 6.20 Å². The van der Waals surface area contributed by atoms with Gasteiger partial charge in [-0.15, -0.1) is 0 Å². The molecule has 1 aromatic heterocycles. The minimum absolute atomic E-state index is 0.0483. The number of urea groups is 1. The zero-order chi connectivity index (χ0) is 19.8. The molecule has 3 rings (SSSR count). The largest absolute Gasteiger partial charge is 0.478 e. The number of rotatable bonds is 6. The van der Waals surface area contributed by atoms with E-state index >= 15 is 0 Å². The van der Waals surface area contributed by atoms with Gasteiger partial charge in [0.2, 0.25) is 5.88 Å². The molecule has 0 atom stereocenters. The standard InChI is InChI=1S/C21H25N5O2/c1-2-28-20-13-19(7-8-23-20)15-24-21(27)26-11-9-25(10-12-26)16-18-5-3-17(14-22)4-6-18/h3-8,13H,2,9-12,15-16H2,1H3,(H,24,27). The van der Waals surface area contributed by atoms with Gasteiger partial charge in [-0.25, -0.2) is 9.78 Å². The molecule has 0 radical (unpaired) electrons. The van der Waals surface area contributed by atoms with Gasteiger partial charge in [-0.1, -0.05) is 12.1 Å². The van der Waals surface area contributed by atoms with Crippen molar-refractivity contribution in [2.24, 2.45) is 0 Å². The van der Waals surface area contributed by atoms with E-state index < -0.39 is 0 Å². The Morgan fingerprint density at radius 3 is 2.61 bits per heavy atom. The first-order valence-electron chi connectivity index (χ1n) is 9.50. The maximum absolute atomic E-state index is 12.4. The van der Waals surface area contributed by atoms with Crippen LogP contribution in [0.4, 0.5) is 4.79 Å². The quantitative estimate of drug-likeness (QED) is 0.833. The number of nitrogens with one attached hydrogen (secondary N) is 1. The van der Waals surface area contributed by atoms with Crippen LogP contribution in [0.15, 0.2) is 42.6 Å². The Morgan fingerprint density at radius 1 is 1.18 bits per heavy atom. The minimum Gasteiger partial charge on any atom is -0.478 e. The molecule has 0 saturated carbocycles. The number of hydrogen-bond acceptors (Lipinski definition) is 5. The first kappa shape index (κ1) is 19.6. The molecule has 1 N–H and O–H groups in total. The van der Waals surface area contributed by atoms with Crippen LogP contribution in [0.25, 0.3) is 0 Å². The highest BCUT2D eigenvalue weighted by Crippen LogP contribution is 2.11. The molecule has 0 spiro atoms. The second-order valence-electron chi connectivity index (χ2n) is 6.67. The van der Waals surface area contributed by atoms with Gasteiger partial charge in [0.25, 0.3) is 0 Å². The Labute approximate surface area is 165 Å². The molecule has 1 aliphatic rings. The fourth-order valence-electron chi connectivity index (χ4n) is 3.13. The van der Waals surface area contributed by atoms with E-state index in [1.807, 2.05) is 48.2 Å². The summed E-state index contributed by atoms with van der Waals surface area (Å²) in [4.78, 5) is 20.7. The van der Waals surface area contributed by atoms with Gasteiger partial charge in [0.05, 0.1) is 18.2 Å². The number of ether oxygens (including phenoxy) is 1. The molecule has 28 heavy (non-hydrogen) atoms. The molecule has 1 saturated heterocycles. The molecule has 2 amide bonds. The monoisotopic (exact) mass is 379 g/mol. The lowest BCUT2D eigenvalue weighted by Crippen LogP contribution is -2.51. The topological polar surface area (TPSA) is 81.5 Å². The molecule has 1 aliphatic heterocycles. The lowest BCUT2D eigenvalue weighted by Gasteiger charge is -2.34. The highest BCUT2D eigenvalue weighted by molar-refractivity contribution is 5.74. The van der Waals surface area contributed by atoms with Crippen molar-refractivity contribution < 1.29 is 9.53 Å². The number of hydrogen-bond donors (Lipinski definition) is 1. The van der Waals surface area contributed by atoms with E-state index in [0.29, 0.717) is 37.7 Å². The summed E-state index contributed by atoms with van der Waals surface area (Å²) in [5.41, 5.74) is 2.82. The molecule has 2 aromatic rings. The highest BCUT2D eigenvalue weighted by atomic mass is 16.5. The Bertz CT molecular complexity index is 823. The molecular formula is C21H25N5O2. The molecular weight excluding hydrogens is 354 g/mol. The molecule has 0 aliphatic carbocycles. The Morgan fingerprint density at radius 2 is 1.93 bits per heavy atom. The highest BCUT2D eigenvalue weighted by Gasteiger charge is 2.20. The number of piperazine rings is 1. The minimum atomic E-state index is -0.0483. The van der Waals surface area contributed by atoms with Crippen LogP contribution < -0.4 is 10.1 Å². The lowest BCUT2D eigenvalue weighted by atomic mass is 10.1. The Kier molecular flexibility index (Phi) is 6.82. The number of carbonyl (C=O) groups excluding carboxylic acids is 1. The van der Waals surface area contributed by atoms with Crippen LogP contribution in [0.5, 0.6) is 5.88 Å². The summed E-state index contributed by atoms with van der Waals surface area (Å²) in [5.74, 6) is 0.575. The van der Waals surface area contributed by atoms with Gasteiger partial charge < -0.3 is 15.0 Å². The number of benzene rings is 1. The van der Waals surface area contributed by atoms with Crippen LogP contribution in [0.3, 0.4) is 0 Å². The van der Waals surface area contributed by atoms with Gasteiger partial charge in [-0.2, -0.15) is 5.26 Å². The molecule has 2 heterocycles. The second-order valence-corrected chi connectivity index (χ2v) is 6.67. The smallest absolute Gasteiger partial charge is 0.317 e.